The zero-order valence-corrected chi connectivity index (χ0v) is 7.08. The highest BCUT2D eigenvalue weighted by Gasteiger charge is 2.06. The maximum absolute atomic E-state index is 10.8. The second kappa shape index (κ2) is 5.09. The Hall–Kier alpha value is -0.610. The highest BCUT2D eigenvalue weighted by molar-refractivity contribution is 5.77. The van der Waals surface area contributed by atoms with Crippen LogP contribution in [-0.2, 0) is 4.79 Å². The number of hydrogen-bond acceptors (Lipinski definition) is 3. The van der Waals surface area contributed by atoms with Crippen LogP contribution in [0.2, 0.25) is 0 Å². The Labute approximate surface area is 67.0 Å². The van der Waals surface area contributed by atoms with E-state index in [0.717, 1.165) is 0 Å². The van der Waals surface area contributed by atoms with Crippen LogP contribution < -0.4 is 5.73 Å². The van der Waals surface area contributed by atoms with Crippen molar-refractivity contribution in [3.05, 3.63) is 0 Å². The first-order chi connectivity index (χ1) is 5.07. The van der Waals surface area contributed by atoms with E-state index in [0.29, 0.717) is 13.0 Å². The molecular formula is C7H16N2O2. The third-order valence-corrected chi connectivity index (χ3v) is 1.48. The topological polar surface area (TPSA) is 66.6 Å². The quantitative estimate of drug-likeness (QED) is 0.564. The van der Waals surface area contributed by atoms with Gasteiger partial charge in [-0.05, 0) is 13.3 Å². The first-order valence-electron chi connectivity index (χ1n) is 3.70. The van der Waals surface area contributed by atoms with Crippen LogP contribution in [0.1, 0.15) is 13.3 Å². The van der Waals surface area contributed by atoms with Crippen LogP contribution in [0.15, 0.2) is 0 Å². The summed E-state index contributed by atoms with van der Waals surface area (Å²) in [5.74, 6) is -0.0920. The van der Waals surface area contributed by atoms with E-state index in [-0.39, 0.29) is 18.6 Å². The van der Waals surface area contributed by atoms with Crippen molar-refractivity contribution in [1.29, 1.82) is 0 Å². The normalized spacial score (nSPS) is 12.7. The lowest BCUT2D eigenvalue weighted by atomic mass is 10.3. The average molecular weight is 160 g/mol. The zero-order valence-electron chi connectivity index (χ0n) is 7.08. The lowest BCUT2D eigenvalue weighted by molar-refractivity contribution is -0.128. The molecule has 0 saturated carbocycles. The van der Waals surface area contributed by atoms with Gasteiger partial charge in [0, 0.05) is 13.6 Å². The van der Waals surface area contributed by atoms with Gasteiger partial charge in [-0.15, -0.1) is 0 Å². The minimum atomic E-state index is -0.358. The molecule has 1 atom stereocenters. The van der Waals surface area contributed by atoms with Gasteiger partial charge in [0.25, 0.3) is 0 Å². The van der Waals surface area contributed by atoms with Crippen LogP contribution in [0.5, 0.6) is 0 Å². The van der Waals surface area contributed by atoms with Crippen molar-refractivity contribution in [1.82, 2.24) is 4.90 Å². The van der Waals surface area contributed by atoms with Gasteiger partial charge in [0.05, 0.1) is 12.6 Å². The SMILES string of the molecule is CC(O)CCN(C)C(=O)CN. The molecule has 0 aromatic carbocycles. The predicted octanol–water partition coefficient (Wildman–Crippen LogP) is -0.826. The summed E-state index contributed by atoms with van der Waals surface area (Å²) in [5.41, 5.74) is 5.13. The van der Waals surface area contributed by atoms with E-state index in [2.05, 4.69) is 0 Å². The maximum atomic E-state index is 10.8. The van der Waals surface area contributed by atoms with Crippen molar-refractivity contribution >= 4 is 5.91 Å². The number of rotatable bonds is 4. The number of hydrogen-bond donors (Lipinski definition) is 2. The Morgan fingerprint density at radius 2 is 2.27 bits per heavy atom. The van der Waals surface area contributed by atoms with Gasteiger partial charge in [-0.3, -0.25) is 4.79 Å². The highest BCUT2D eigenvalue weighted by Crippen LogP contribution is 1.92. The molecule has 1 amide bonds. The number of aliphatic hydroxyl groups excluding tert-OH is 1. The van der Waals surface area contributed by atoms with Crippen LogP contribution >= 0.6 is 0 Å². The summed E-state index contributed by atoms with van der Waals surface area (Å²) < 4.78 is 0. The van der Waals surface area contributed by atoms with Gasteiger partial charge in [-0.1, -0.05) is 0 Å². The number of amides is 1. The summed E-state index contributed by atoms with van der Waals surface area (Å²) in [5, 5.41) is 8.89. The molecule has 1 unspecified atom stereocenters. The number of nitrogens with zero attached hydrogens (tertiary/aromatic N) is 1. The monoisotopic (exact) mass is 160 g/mol. The number of aliphatic hydroxyl groups is 1. The molecule has 0 aromatic rings. The number of carbonyl (C=O) groups excluding carboxylic acids is 1. The largest absolute Gasteiger partial charge is 0.393 e. The molecule has 0 aliphatic carbocycles. The Morgan fingerprint density at radius 1 is 1.73 bits per heavy atom. The van der Waals surface area contributed by atoms with E-state index in [4.69, 9.17) is 10.8 Å². The van der Waals surface area contributed by atoms with E-state index >= 15 is 0 Å². The van der Waals surface area contributed by atoms with Gasteiger partial charge in [0.2, 0.25) is 5.91 Å². The first kappa shape index (κ1) is 10.4. The van der Waals surface area contributed by atoms with Gasteiger partial charge < -0.3 is 15.7 Å². The van der Waals surface area contributed by atoms with E-state index in [1.807, 2.05) is 0 Å². The van der Waals surface area contributed by atoms with Crippen LogP contribution in [0.25, 0.3) is 0 Å². The maximum Gasteiger partial charge on any atom is 0.236 e. The van der Waals surface area contributed by atoms with Crippen LogP contribution in [-0.4, -0.2) is 42.2 Å². The molecule has 0 heterocycles. The zero-order chi connectivity index (χ0) is 8.85. The fraction of sp³-hybridized carbons (Fsp3) is 0.857. The summed E-state index contributed by atoms with van der Waals surface area (Å²) in [6.07, 6.45) is 0.241. The molecular weight excluding hydrogens is 144 g/mol. The Morgan fingerprint density at radius 3 is 2.64 bits per heavy atom. The van der Waals surface area contributed by atoms with Gasteiger partial charge in [-0.2, -0.15) is 0 Å². The average Bonchev–Trinajstić information content (AvgIpc) is 1.98. The van der Waals surface area contributed by atoms with Gasteiger partial charge in [0.15, 0.2) is 0 Å². The number of carbonyl (C=O) groups is 1. The van der Waals surface area contributed by atoms with Crippen molar-refractivity contribution < 1.29 is 9.90 Å². The summed E-state index contributed by atoms with van der Waals surface area (Å²) in [7, 11) is 1.68. The Kier molecular flexibility index (Phi) is 4.81. The lowest BCUT2D eigenvalue weighted by Gasteiger charge is -2.16. The molecule has 0 spiro atoms. The molecule has 0 radical (unpaired) electrons. The third-order valence-electron chi connectivity index (χ3n) is 1.48. The molecule has 11 heavy (non-hydrogen) atoms. The van der Waals surface area contributed by atoms with Gasteiger partial charge in [-0.25, -0.2) is 0 Å². The molecule has 4 heteroatoms. The van der Waals surface area contributed by atoms with E-state index < -0.39 is 0 Å². The Balaban J connectivity index is 3.52. The Bertz CT molecular complexity index is 126. The number of nitrogens with two attached hydrogens (primary N) is 1. The van der Waals surface area contributed by atoms with Crippen LogP contribution in [0, 0.1) is 0 Å². The summed E-state index contributed by atoms with van der Waals surface area (Å²) in [6, 6.07) is 0. The van der Waals surface area contributed by atoms with Crippen molar-refractivity contribution in [2.24, 2.45) is 5.73 Å². The fourth-order valence-electron chi connectivity index (χ4n) is 0.661. The van der Waals surface area contributed by atoms with E-state index in [1.165, 1.54) is 4.90 Å². The van der Waals surface area contributed by atoms with Crippen molar-refractivity contribution in [3.63, 3.8) is 0 Å². The summed E-state index contributed by atoms with van der Waals surface area (Å²) >= 11 is 0. The van der Waals surface area contributed by atoms with Crippen LogP contribution in [0.3, 0.4) is 0 Å². The molecule has 4 nitrogen and oxygen atoms in total. The third kappa shape index (κ3) is 4.75. The van der Waals surface area contributed by atoms with E-state index in [1.54, 1.807) is 14.0 Å². The summed E-state index contributed by atoms with van der Waals surface area (Å²) in [6.45, 7) is 2.30. The molecule has 0 aliphatic heterocycles. The summed E-state index contributed by atoms with van der Waals surface area (Å²) in [4.78, 5) is 12.4. The molecule has 3 N–H and O–H groups in total. The second-order valence-corrected chi connectivity index (χ2v) is 2.66. The van der Waals surface area contributed by atoms with Crippen molar-refractivity contribution in [2.75, 3.05) is 20.1 Å². The van der Waals surface area contributed by atoms with Gasteiger partial charge in [0.1, 0.15) is 0 Å². The predicted molar refractivity (Wildman–Crippen MR) is 43.0 cm³/mol. The lowest BCUT2D eigenvalue weighted by Crippen LogP contribution is -2.34. The van der Waals surface area contributed by atoms with Gasteiger partial charge >= 0.3 is 0 Å². The molecule has 0 saturated heterocycles. The van der Waals surface area contributed by atoms with E-state index in [9.17, 15) is 4.79 Å². The smallest absolute Gasteiger partial charge is 0.236 e. The van der Waals surface area contributed by atoms with Crippen molar-refractivity contribution in [3.8, 4) is 0 Å². The highest BCUT2D eigenvalue weighted by atomic mass is 16.3. The van der Waals surface area contributed by atoms with Crippen molar-refractivity contribution in [2.45, 2.75) is 19.4 Å². The minimum absolute atomic E-state index is 0.0380. The fourth-order valence-corrected chi connectivity index (χ4v) is 0.661. The minimum Gasteiger partial charge on any atom is -0.393 e. The number of likely N-dealkylation sites (N-methyl/N-ethyl adjacent to an activating group) is 1. The molecule has 66 valence electrons. The second-order valence-electron chi connectivity index (χ2n) is 2.66. The molecule has 0 aromatic heterocycles. The molecule has 0 bridgehead atoms. The standard InChI is InChI=1S/C7H16N2O2/c1-6(10)3-4-9(2)7(11)5-8/h6,10H,3-5,8H2,1-2H3. The first-order valence-corrected chi connectivity index (χ1v) is 3.70. The molecule has 0 fully saturated rings. The van der Waals surface area contributed by atoms with Crippen LogP contribution in [0.4, 0.5) is 0 Å². The molecule has 0 aliphatic rings. The molecule has 0 rings (SSSR count).